The van der Waals surface area contributed by atoms with E-state index in [0.29, 0.717) is 18.8 Å². The van der Waals surface area contributed by atoms with Crippen molar-refractivity contribution in [1.82, 2.24) is 4.90 Å². The average molecular weight is 354 g/mol. The number of nitrogens with zero attached hydrogens (tertiary/aromatic N) is 1. The molecule has 0 saturated heterocycles. The van der Waals surface area contributed by atoms with Crippen LogP contribution in [0.15, 0.2) is 18.2 Å². The normalized spacial score (nSPS) is 11.8. The highest BCUT2D eigenvalue weighted by atomic mass is 19.1. The molecule has 0 unspecified atom stereocenters. The third kappa shape index (κ3) is 6.60. The van der Waals surface area contributed by atoms with Crippen molar-refractivity contribution in [2.45, 2.75) is 52.7 Å². The van der Waals surface area contributed by atoms with Gasteiger partial charge in [0, 0.05) is 24.3 Å². The molecule has 2 N–H and O–H groups in total. The van der Waals surface area contributed by atoms with Crippen LogP contribution in [-0.2, 0) is 4.74 Å². The monoisotopic (exact) mass is 354 g/mol. The summed E-state index contributed by atoms with van der Waals surface area (Å²) in [6.07, 6.45) is -0.424. The molecule has 0 saturated carbocycles. The van der Waals surface area contributed by atoms with Crippen molar-refractivity contribution in [2.24, 2.45) is 0 Å². The van der Waals surface area contributed by atoms with Gasteiger partial charge in [-0.05, 0) is 59.7 Å². The van der Waals surface area contributed by atoms with Crippen LogP contribution < -0.4 is 5.32 Å². The molecule has 1 aromatic rings. The number of carboxylic acids is 1. The number of anilines is 1. The summed E-state index contributed by atoms with van der Waals surface area (Å²) in [7, 11) is 0. The quantitative estimate of drug-likeness (QED) is 0.836. The number of carbonyl (C=O) groups is 2. The third-order valence-corrected chi connectivity index (χ3v) is 3.28. The first-order chi connectivity index (χ1) is 11.3. The van der Waals surface area contributed by atoms with Crippen LogP contribution in [0.3, 0.4) is 0 Å². The lowest BCUT2D eigenvalue weighted by atomic mass is 10.1. The first kappa shape index (κ1) is 20.7. The Labute approximate surface area is 148 Å². The van der Waals surface area contributed by atoms with Crippen molar-refractivity contribution in [3.8, 4) is 0 Å². The Kier molecular flexibility index (Phi) is 6.40. The van der Waals surface area contributed by atoms with Crippen molar-refractivity contribution >= 4 is 17.7 Å². The molecule has 0 bridgehead atoms. The van der Waals surface area contributed by atoms with E-state index in [2.05, 4.69) is 5.32 Å². The minimum Gasteiger partial charge on any atom is -0.478 e. The number of halogens is 1. The van der Waals surface area contributed by atoms with Gasteiger partial charge in [-0.3, -0.25) is 0 Å². The standard InChI is InChI=1S/C18H27FN2O4/c1-17(2,3)21(16(24)25-18(4,5)6)10-9-20-12-7-8-14(19)13(11-12)15(22)23/h7-8,11,20H,9-10H2,1-6H3,(H,22,23). The summed E-state index contributed by atoms with van der Waals surface area (Å²) in [5.41, 5.74) is -0.970. The lowest BCUT2D eigenvalue weighted by molar-refractivity contribution is 0.00747. The number of aromatic carboxylic acids is 1. The van der Waals surface area contributed by atoms with Crippen LogP contribution in [0.4, 0.5) is 14.9 Å². The second-order valence-corrected chi connectivity index (χ2v) is 7.73. The molecule has 1 aromatic carbocycles. The molecule has 140 valence electrons. The number of carbonyl (C=O) groups excluding carboxylic acids is 1. The van der Waals surface area contributed by atoms with E-state index in [-0.39, 0.29) is 0 Å². The van der Waals surface area contributed by atoms with Crippen LogP contribution in [0.2, 0.25) is 0 Å². The van der Waals surface area contributed by atoms with E-state index < -0.39 is 34.6 Å². The van der Waals surface area contributed by atoms with E-state index in [4.69, 9.17) is 9.84 Å². The fourth-order valence-electron chi connectivity index (χ4n) is 2.13. The topological polar surface area (TPSA) is 78.9 Å². The summed E-state index contributed by atoms with van der Waals surface area (Å²) >= 11 is 0. The summed E-state index contributed by atoms with van der Waals surface area (Å²) in [5.74, 6) is -2.12. The lowest BCUT2D eigenvalue weighted by Crippen LogP contribution is -2.49. The molecule has 0 aliphatic rings. The molecule has 0 aliphatic heterocycles. The molecule has 0 atom stereocenters. The third-order valence-electron chi connectivity index (χ3n) is 3.28. The highest BCUT2D eigenvalue weighted by Gasteiger charge is 2.30. The van der Waals surface area contributed by atoms with Gasteiger partial charge in [-0.15, -0.1) is 0 Å². The van der Waals surface area contributed by atoms with Crippen LogP contribution in [0, 0.1) is 5.82 Å². The Bertz CT molecular complexity index is 633. The zero-order valence-electron chi connectivity index (χ0n) is 15.6. The van der Waals surface area contributed by atoms with E-state index >= 15 is 0 Å². The average Bonchev–Trinajstić information content (AvgIpc) is 2.41. The number of amides is 1. The lowest BCUT2D eigenvalue weighted by Gasteiger charge is -2.37. The molecular weight excluding hydrogens is 327 g/mol. The smallest absolute Gasteiger partial charge is 0.410 e. The van der Waals surface area contributed by atoms with Gasteiger partial charge in [0.1, 0.15) is 11.4 Å². The van der Waals surface area contributed by atoms with Crippen LogP contribution in [-0.4, -0.2) is 46.3 Å². The van der Waals surface area contributed by atoms with Gasteiger partial charge in [0.2, 0.25) is 0 Å². The molecule has 0 aliphatic carbocycles. The number of carboxylic acid groups (broad SMARTS) is 1. The van der Waals surface area contributed by atoms with E-state index in [9.17, 15) is 14.0 Å². The van der Waals surface area contributed by atoms with E-state index in [0.717, 1.165) is 6.07 Å². The molecule has 1 rings (SSSR count). The molecule has 7 heteroatoms. The van der Waals surface area contributed by atoms with Crippen LogP contribution in [0.5, 0.6) is 0 Å². The molecule has 0 radical (unpaired) electrons. The maximum atomic E-state index is 13.4. The summed E-state index contributed by atoms with van der Waals surface area (Å²) in [6, 6.07) is 3.78. The van der Waals surface area contributed by atoms with Crippen molar-refractivity contribution in [1.29, 1.82) is 0 Å². The molecule has 0 aromatic heterocycles. The Morgan fingerprint density at radius 3 is 2.28 bits per heavy atom. The minimum absolute atomic E-state index is 0.345. The van der Waals surface area contributed by atoms with Crippen molar-refractivity contribution in [3.63, 3.8) is 0 Å². The zero-order valence-corrected chi connectivity index (χ0v) is 15.6. The fourth-order valence-corrected chi connectivity index (χ4v) is 2.13. The van der Waals surface area contributed by atoms with Gasteiger partial charge in [-0.2, -0.15) is 0 Å². The predicted octanol–water partition coefficient (Wildman–Crippen LogP) is 3.97. The number of hydrogen-bond acceptors (Lipinski definition) is 4. The summed E-state index contributed by atoms with van der Waals surface area (Å²) in [4.78, 5) is 24.9. The maximum absolute atomic E-state index is 13.4. The van der Waals surface area contributed by atoms with Crippen LogP contribution in [0.25, 0.3) is 0 Å². The number of hydrogen-bond donors (Lipinski definition) is 2. The largest absolute Gasteiger partial charge is 0.478 e. The number of ether oxygens (including phenoxy) is 1. The van der Waals surface area contributed by atoms with Crippen molar-refractivity contribution < 1.29 is 23.8 Å². The number of rotatable bonds is 5. The van der Waals surface area contributed by atoms with Crippen LogP contribution >= 0.6 is 0 Å². The first-order valence-corrected chi connectivity index (χ1v) is 8.08. The van der Waals surface area contributed by atoms with Gasteiger partial charge in [0.15, 0.2) is 0 Å². The molecule has 1 amide bonds. The molecule has 0 spiro atoms. The Hall–Kier alpha value is -2.31. The highest BCUT2D eigenvalue weighted by Crippen LogP contribution is 2.19. The maximum Gasteiger partial charge on any atom is 0.410 e. The zero-order chi connectivity index (χ0) is 19.4. The van der Waals surface area contributed by atoms with Gasteiger partial charge in [0.25, 0.3) is 0 Å². The Morgan fingerprint density at radius 2 is 1.80 bits per heavy atom. The summed E-state index contributed by atoms with van der Waals surface area (Å²) < 4.78 is 18.8. The van der Waals surface area contributed by atoms with Gasteiger partial charge < -0.3 is 20.1 Å². The Morgan fingerprint density at radius 1 is 1.20 bits per heavy atom. The molecule has 6 nitrogen and oxygen atoms in total. The van der Waals surface area contributed by atoms with Crippen molar-refractivity contribution in [2.75, 3.05) is 18.4 Å². The van der Waals surface area contributed by atoms with Crippen molar-refractivity contribution in [3.05, 3.63) is 29.6 Å². The second kappa shape index (κ2) is 7.72. The van der Waals surface area contributed by atoms with E-state index in [1.165, 1.54) is 12.1 Å². The second-order valence-electron chi connectivity index (χ2n) is 7.73. The molecular formula is C18H27FN2O4. The number of nitrogens with one attached hydrogen (secondary N) is 1. The Balaban J connectivity index is 2.77. The molecule has 0 heterocycles. The summed E-state index contributed by atoms with van der Waals surface area (Å²) in [6.45, 7) is 11.8. The highest BCUT2D eigenvalue weighted by molar-refractivity contribution is 5.89. The molecule has 25 heavy (non-hydrogen) atoms. The molecule has 0 fully saturated rings. The summed E-state index contributed by atoms with van der Waals surface area (Å²) in [5, 5.41) is 12.0. The van der Waals surface area contributed by atoms with Gasteiger partial charge in [0.05, 0.1) is 5.56 Å². The predicted molar refractivity (Wildman–Crippen MR) is 94.5 cm³/mol. The SMILES string of the molecule is CC(C)(C)OC(=O)N(CCNc1ccc(F)c(C(=O)O)c1)C(C)(C)C. The van der Waals surface area contributed by atoms with Gasteiger partial charge in [-0.1, -0.05) is 0 Å². The fraction of sp³-hybridized carbons (Fsp3) is 0.556. The van der Waals surface area contributed by atoms with Gasteiger partial charge >= 0.3 is 12.1 Å². The first-order valence-electron chi connectivity index (χ1n) is 8.08. The van der Waals surface area contributed by atoms with E-state index in [1.54, 1.807) is 25.7 Å². The minimum atomic E-state index is -1.33. The number of benzene rings is 1. The van der Waals surface area contributed by atoms with Crippen LogP contribution in [0.1, 0.15) is 51.9 Å². The van der Waals surface area contributed by atoms with Gasteiger partial charge in [-0.25, -0.2) is 14.0 Å². The van der Waals surface area contributed by atoms with E-state index in [1.807, 2.05) is 20.8 Å².